The van der Waals surface area contributed by atoms with E-state index in [2.05, 4.69) is 10.2 Å². The zero-order valence-electron chi connectivity index (χ0n) is 19.1. The first-order valence-electron chi connectivity index (χ1n) is 11.3. The first kappa shape index (κ1) is 24.2. The van der Waals surface area contributed by atoms with Crippen molar-refractivity contribution in [3.8, 4) is 0 Å². The Morgan fingerprint density at radius 2 is 1.89 bits per heavy atom. The van der Waals surface area contributed by atoms with Crippen LogP contribution in [-0.2, 0) is 17.8 Å². The van der Waals surface area contributed by atoms with E-state index in [0.29, 0.717) is 45.9 Å². The minimum absolute atomic E-state index is 0.225. The van der Waals surface area contributed by atoms with Gasteiger partial charge in [0.2, 0.25) is 5.95 Å². The Bertz CT molecular complexity index is 1310. The maximum absolute atomic E-state index is 13.0. The van der Waals surface area contributed by atoms with Gasteiger partial charge in [-0.25, -0.2) is 9.37 Å². The van der Waals surface area contributed by atoms with Gasteiger partial charge in [0.05, 0.1) is 12.6 Å². The summed E-state index contributed by atoms with van der Waals surface area (Å²) >= 11 is 14.3. The first-order valence-corrected chi connectivity index (χ1v) is 12.9. The van der Waals surface area contributed by atoms with Crippen LogP contribution in [-0.4, -0.2) is 41.3 Å². The van der Waals surface area contributed by atoms with Crippen LogP contribution in [0.4, 0.5) is 21.8 Å². The normalized spacial score (nSPS) is 15.8. The average molecular weight is 532 g/mol. The predicted octanol–water partition coefficient (Wildman–Crippen LogP) is 6.81. The molecular formula is C25H24Cl2FN5OS. The van der Waals surface area contributed by atoms with Crippen molar-refractivity contribution in [2.75, 3.05) is 30.5 Å². The zero-order valence-corrected chi connectivity index (χ0v) is 21.4. The lowest BCUT2D eigenvalue weighted by molar-refractivity contribution is 0.180. The number of hydrogen-bond donors (Lipinski definition) is 1. The first-order chi connectivity index (χ1) is 17.1. The molecule has 3 heterocycles. The number of anilines is 3. The van der Waals surface area contributed by atoms with E-state index in [1.807, 2.05) is 30.3 Å². The molecule has 1 aliphatic heterocycles. The largest absolute Gasteiger partial charge is 0.383 e. The van der Waals surface area contributed by atoms with Crippen molar-refractivity contribution in [1.82, 2.24) is 15.0 Å². The number of thiazole rings is 1. The molecule has 0 unspecified atom stereocenters. The molecule has 6 nitrogen and oxygen atoms in total. The fourth-order valence-electron chi connectivity index (χ4n) is 4.28. The molecule has 2 aromatic heterocycles. The number of methoxy groups -OCH3 is 1. The van der Waals surface area contributed by atoms with Crippen LogP contribution in [0.15, 0.2) is 42.5 Å². The smallest absolute Gasteiger partial charge is 0.229 e. The number of fused-ring (bicyclic) bond motifs is 1. The van der Waals surface area contributed by atoms with E-state index in [-0.39, 0.29) is 6.04 Å². The van der Waals surface area contributed by atoms with Crippen molar-refractivity contribution in [1.29, 1.82) is 0 Å². The van der Waals surface area contributed by atoms with Crippen LogP contribution in [0, 0.1) is 0 Å². The Balaban J connectivity index is 1.55. The highest BCUT2D eigenvalue weighted by Crippen LogP contribution is 2.35. The van der Waals surface area contributed by atoms with Crippen LogP contribution in [0.3, 0.4) is 0 Å². The summed E-state index contributed by atoms with van der Waals surface area (Å²) in [5.41, 5.74) is 2.93. The molecule has 0 spiro atoms. The summed E-state index contributed by atoms with van der Waals surface area (Å²) in [6.07, 6.45) is 2.58. The maximum atomic E-state index is 13.0. The molecule has 0 saturated carbocycles. The quantitative estimate of drug-likeness (QED) is 0.269. The lowest BCUT2D eigenvalue weighted by Crippen LogP contribution is -2.34. The summed E-state index contributed by atoms with van der Waals surface area (Å²) < 4.78 is 18.4. The van der Waals surface area contributed by atoms with Gasteiger partial charge in [0, 0.05) is 35.8 Å². The molecule has 1 saturated heterocycles. The topological polar surface area (TPSA) is 63.2 Å². The zero-order chi connectivity index (χ0) is 24.4. The number of ether oxygens (including phenoxy) is 1. The molecule has 2 aromatic carbocycles. The summed E-state index contributed by atoms with van der Waals surface area (Å²) in [5, 5.41) is 5.42. The van der Waals surface area contributed by atoms with Gasteiger partial charge in [0.1, 0.15) is 17.2 Å². The lowest BCUT2D eigenvalue weighted by atomic mass is 10.1. The molecule has 10 heteroatoms. The molecule has 182 valence electrons. The summed E-state index contributed by atoms with van der Waals surface area (Å²) in [6, 6.07) is 12.9. The monoisotopic (exact) mass is 531 g/mol. The third-order valence-electron chi connectivity index (χ3n) is 6.04. The fraction of sp³-hybridized carbons (Fsp3) is 0.320. The Hall–Kier alpha value is -2.52. The number of nitrogens with zero attached hydrogens (tertiary/aromatic N) is 4. The van der Waals surface area contributed by atoms with Crippen LogP contribution in [0.2, 0.25) is 10.0 Å². The van der Waals surface area contributed by atoms with Gasteiger partial charge in [-0.1, -0.05) is 52.7 Å². The Morgan fingerprint density at radius 1 is 1.11 bits per heavy atom. The third-order valence-corrected chi connectivity index (χ3v) is 7.70. The van der Waals surface area contributed by atoms with Gasteiger partial charge in [0.15, 0.2) is 10.6 Å². The van der Waals surface area contributed by atoms with Crippen molar-refractivity contribution in [2.24, 2.45) is 0 Å². The highest BCUT2D eigenvalue weighted by Gasteiger charge is 2.28. The van der Waals surface area contributed by atoms with Crippen molar-refractivity contribution in [3.63, 3.8) is 0 Å². The van der Waals surface area contributed by atoms with Gasteiger partial charge < -0.3 is 15.0 Å². The standard InChI is InChI=1S/C25H24Cl2FN5OS/c1-34-14-17-4-3-11-33(17)25-31-23(29-16-9-7-15(13-28)8-10-16)22-24(32-25)35-21(30-22)12-18-19(26)5-2-6-20(18)27/h2,5-10,17H,3-4,11-14H2,1H3,(H,29,31,32)/t17-/m0/s1. The van der Waals surface area contributed by atoms with Gasteiger partial charge >= 0.3 is 0 Å². The lowest BCUT2D eigenvalue weighted by Gasteiger charge is -2.24. The van der Waals surface area contributed by atoms with E-state index in [1.54, 1.807) is 19.2 Å². The Morgan fingerprint density at radius 3 is 2.60 bits per heavy atom. The van der Waals surface area contributed by atoms with Crippen LogP contribution in [0.25, 0.3) is 10.3 Å². The van der Waals surface area contributed by atoms with E-state index < -0.39 is 6.67 Å². The molecule has 1 fully saturated rings. The van der Waals surface area contributed by atoms with Crippen molar-refractivity contribution >= 4 is 62.3 Å². The molecule has 4 aromatic rings. The van der Waals surface area contributed by atoms with E-state index in [0.717, 1.165) is 40.5 Å². The van der Waals surface area contributed by atoms with Crippen LogP contribution in [0.5, 0.6) is 0 Å². The van der Waals surface area contributed by atoms with Crippen LogP contribution in [0.1, 0.15) is 29.0 Å². The molecule has 5 rings (SSSR count). The van der Waals surface area contributed by atoms with E-state index >= 15 is 0 Å². The predicted molar refractivity (Wildman–Crippen MR) is 141 cm³/mol. The van der Waals surface area contributed by atoms with E-state index in [4.69, 9.17) is 42.9 Å². The second-order valence-corrected chi connectivity index (χ2v) is 10.3. The molecule has 35 heavy (non-hydrogen) atoms. The number of hydrogen-bond acceptors (Lipinski definition) is 7. The van der Waals surface area contributed by atoms with Gasteiger partial charge in [-0.15, -0.1) is 0 Å². The van der Waals surface area contributed by atoms with Gasteiger partial charge in [-0.3, -0.25) is 0 Å². The second kappa shape index (κ2) is 10.6. The van der Waals surface area contributed by atoms with Gasteiger partial charge in [-0.2, -0.15) is 9.97 Å². The van der Waals surface area contributed by atoms with Gasteiger partial charge in [-0.05, 0) is 48.2 Å². The van der Waals surface area contributed by atoms with E-state index in [1.165, 1.54) is 11.3 Å². The second-order valence-electron chi connectivity index (χ2n) is 8.41. The summed E-state index contributed by atoms with van der Waals surface area (Å²) in [7, 11) is 1.71. The molecule has 0 radical (unpaired) electrons. The number of halogens is 3. The van der Waals surface area contributed by atoms with Crippen molar-refractivity contribution in [3.05, 3.63) is 68.6 Å². The number of nitrogens with one attached hydrogen (secondary N) is 1. The molecule has 0 bridgehead atoms. The molecule has 0 amide bonds. The SMILES string of the molecule is COC[C@@H]1CCCN1c1nc(Nc2ccc(CF)cc2)c2nc(Cc3c(Cl)cccc3Cl)sc2n1. The Kier molecular flexibility index (Phi) is 7.34. The van der Waals surface area contributed by atoms with Crippen LogP contribution < -0.4 is 10.2 Å². The number of alkyl halides is 1. The number of aromatic nitrogens is 3. The molecule has 1 atom stereocenters. The summed E-state index contributed by atoms with van der Waals surface area (Å²) in [6.45, 7) is 0.983. The van der Waals surface area contributed by atoms with Gasteiger partial charge in [0.25, 0.3) is 0 Å². The number of rotatable bonds is 8. The maximum Gasteiger partial charge on any atom is 0.229 e. The average Bonchev–Trinajstić information content (AvgIpc) is 3.49. The molecule has 0 aliphatic carbocycles. The fourth-order valence-corrected chi connectivity index (χ4v) is 5.75. The summed E-state index contributed by atoms with van der Waals surface area (Å²) in [5.74, 6) is 1.25. The molecule has 1 aliphatic rings. The Labute approximate surface area is 217 Å². The minimum Gasteiger partial charge on any atom is -0.383 e. The van der Waals surface area contributed by atoms with Crippen molar-refractivity contribution in [2.45, 2.75) is 32.0 Å². The number of benzene rings is 2. The minimum atomic E-state index is -0.502. The third kappa shape index (κ3) is 5.21. The molecule has 1 N–H and O–H groups in total. The highest BCUT2D eigenvalue weighted by atomic mass is 35.5. The molecular weight excluding hydrogens is 508 g/mol. The highest BCUT2D eigenvalue weighted by molar-refractivity contribution is 7.18. The van der Waals surface area contributed by atoms with Crippen LogP contribution >= 0.6 is 34.5 Å². The van der Waals surface area contributed by atoms with E-state index in [9.17, 15) is 4.39 Å². The summed E-state index contributed by atoms with van der Waals surface area (Å²) in [4.78, 5) is 17.6. The van der Waals surface area contributed by atoms with Crippen molar-refractivity contribution < 1.29 is 9.13 Å².